The van der Waals surface area contributed by atoms with Gasteiger partial charge in [-0.3, -0.25) is 10.1 Å². The minimum absolute atomic E-state index is 0.0380. The first-order chi connectivity index (χ1) is 12.3. The maximum Gasteiger partial charge on any atom is 0.342 e. The molecule has 1 aromatic carbocycles. The summed E-state index contributed by atoms with van der Waals surface area (Å²) in [6.45, 7) is 1.64. The Bertz CT molecular complexity index is 897. The number of hydrogen-bond donors (Lipinski definition) is 2. The molecule has 1 heterocycles. The molecule has 0 aliphatic rings. The molecule has 0 spiro atoms. The van der Waals surface area contributed by atoms with Crippen LogP contribution < -0.4 is 11.5 Å². The van der Waals surface area contributed by atoms with Crippen molar-refractivity contribution in [1.29, 1.82) is 0 Å². The standard InChI is InChI=1S/C16H16N4O6/c1-3-26-16(22)12-10(8-5-4-6-9(7-8)20(23)24)11(15(21)25-2)13(17)19-14(12)18/h4-7H,3H2,1-2H3,(H4,17,18,19). The van der Waals surface area contributed by atoms with Crippen molar-refractivity contribution in [2.45, 2.75) is 6.92 Å². The van der Waals surface area contributed by atoms with Crippen molar-refractivity contribution in [3.8, 4) is 11.1 Å². The molecule has 1 aromatic heterocycles. The average Bonchev–Trinajstić information content (AvgIpc) is 2.60. The molecule has 0 amide bonds. The fourth-order valence-corrected chi connectivity index (χ4v) is 2.40. The van der Waals surface area contributed by atoms with Gasteiger partial charge in [0, 0.05) is 17.7 Å². The predicted molar refractivity (Wildman–Crippen MR) is 92.4 cm³/mol. The average molecular weight is 360 g/mol. The van der Waals surface area contributed by atoms with E-state index in [1.807, 2.05) is 0 Å². The van der Waals surface area contributed by atoms with Crippen molar-refractivity contribution in [3.05, 3.63) is 45.5 Å². The van der Waals surface area contributed by atoms with Crippen LogP contribution in [0.1, 0.15) is 27.6 Å². The molecule has 0 saturated heterocycles. The molecule has 2 aromatic rings. The van der Waals surface area contributed by atoms with Gasteiger partial charge in [0.2, 0.25) is 0 Å². The first-order valence-corrected chi connectivity index (χ1v) is 7.41. The van der Waals surface area contributed by atoms with Gasteiger partial charge < -0.3 is 20.9 Å². The first-order valence-electron chi connectivity index (χ1n) is 7.41. The van der Waals surface area contributed by atoms with E-state index in [-0.39, 0.29) is 46.2 Å². The van der Waals surface area contributed by atoms with Crippen molar-refractivity contribution in [2.24, 2.45) is 0 Å². The summed E-state index contributed by atoms with van der Waals surface area (Å²) in [6, 6.07) is 5.31. The molecule has 0 radical (unpaired) electrons. The second-order valence-electron chi connectivity index (χ2n) is 5.03. The van der Waals surface area contributed by atoms with Crippen molar-refractivity contribution in [1.82, 2.24) is 4.98 Å². The molecule has 0 fully saturated rings. The van der Waals surface area contributed by atoms with Crippen molar-refractivity contribution >= 4 is 29.3 Å². The second-order valence-corrected chi connectivity index (χ2v) is 5.03. The van der Waals surface area contributed by atoms with Crippen LogP contribution in [-0.2, 0) is 9.47 Å². The van der Waals surface area contributed by atoms with Crippen LogP contribution in [0.5, 0.6) is 0 Å². The molecule has 4 N–H and O–H groups in total. The number of ether oxygens (including phenoxy) is 2. The predicted octanol–water partition coefficient (Wildman–Crippen LogP) is 1.78. The number of nitrogens with zero attached hydrogens (tertiary/aromatic N) is 2. The lowest BCUT2D eigenvalue weighted by Gasteiger charge is -2.16. The maximum atomic E-state index is 12.4. The number of nitro benzene ring substituents is 1. The highest BCUT2D eigenvalue weighted by atomic mass is 16.6. The van der Waals surface area contributed by atoms with Crippen LogP contribution in [0.3, 0.4) is 0 Å². The number of nitro groups is 1. The molecule has 26 heavy (non-hydrogen) atoms. The van der Waals surface area contributed by atoms with Crippen molar-refractivity contribution in [3.63, 3.8) is 0 Å². The Hall–Kier alpha value is -3.69. The molecule has 10 nitrogen and oxygen atoms in total. The number of carbonyl (C=O) groups excluding carboxylic acids is 2. The van der Waals surface area contributed by atoms with Gasteiger partial charge in [0.05, 0.1) is 18.6 Å². The lowest BCUT2D eigenvalue weighted by molar-refractivity contribution is -0.384. The number of nitrogen functional groups attached to an aromatic ring is 2. The number of nitrogens with two attached hydrogens (primary N) is 2. The van der Waals surface area contributed by atoms with Crippen molar-refractivity contribution in [2.75, 3.05) is 25.2 Å². The maximum absolute atomic E-state index is 12.4. The minimum Gasteiger partial charge on any atom is -0.465 e. The third-order valence-electron chi connectivity index (χ3n) is 3.47. The summed E-state index contributed by atoms with van der Waals surface area (Å²) in [4.78, 5) is 38.9. The Morgan fingerprint density at radius 3 is 2.35 bits per heavy atom. The van der Waals surface area contributed by atoms with Gasteiger partial charge in [0.25, 0.3) is 5.69 Å². The third-order valence-corrected chi connectivity index (χ3v) is 3.47. The molecular formula is C16H16N4O6. The number of rotatable bonds is 5. The van der Waals surface area contributed by atoms with E-state index in [2.05, 4.69) is 4.98 Å². The number of benzene rings is 1. The second kappa shape index (κ2) is 7.47. The summed E-state index contributed by atoms with van der Waals surface area (Å²) in [5.74, 6) is -2.26. The van der Waals surface area contributed by atoms with Gasteiger partial charge >= 0.3 is 11.9 Å². The van der Waals surface area contributed by atoms with Gasteiger partial charge in [-0.15, -0.1) is 0 Å². The Morgan fingerprint density at radius 1 is 1.19 bits per heavy atom. The van der Waals surface area contributed by atoms with E-state index in [0.29, 0.717) is 0 Å². The van der Waals surface area contributed by atoms with Gasteiger partial charge in [-0.25, -0.2) is 14.6 Å². The number of aromatic nitrogens is 1. The van der Waals surface area contributed by atoms with Crippen LogP contribution in [0, 0.1) is 10.1 Å². The molecular weight excluding hydrogens is 344 g/mol. The molecule has 0 bridgehead atoms. The van der Waals surface area contributed by atoms with Crippen molar-refractivity contribution < 1.29 is 24.0 Å². The number of esters is 2. The Balaban J connectivity index is 2.91. The zero-order chi connectivity index (χ0) is 19.4. The first kappa shape index (κ1) is 18.6. The van der Waals surface area contributed by atoms with Crippen LogP contribution in [-0.4, -0.2) is 35.6 Å². The summed E-state index contributed by atoms with van der Waals surface area (Å²) in [7, 11) is 1.12. The van der Waals surface area contributed by atoms with Gasteiger partial charge in [-0.2, -0.15) is 0 Å². The molecule has 2 rings (SSSR count). The number of anilines is 2. The van der Waals surface area contributed by atoms with E-state index >= 15 is 0 Å². The quantitative estimate of drug-likeness (QED) is 0.460. The Kier molecular flexibility index (Phi) is 5.36. The number of non-ortho nitro benzene ring substituents is 1. The molecule has 0 aliphatic carbocycles. The van der Waals surface area contributed by atoms with Gasteiger partial charge in [0.15, 0.2) is 0 Å². The van der Waals surface area contributed by atoms with Crippen LogP contribution in [0.25, 0.3) is 11.1 Å². The van der Waals surface area contributed by atoms with Crippen LogP contribution in [0.15, 0.2) is 24.3 Å². The molecule has 0 unspecified atom stereocenters. The zero-order valence-corrected chi connectivity index (χ0v) is 14.0. The monoisotopic (exact) mass is 360 g/mol. The SMILES string of the molecule is CCOC(=O)c1c(N)nc(N)c(C(=O)OC)c1-c1cccc([N+](=O)[O-])c1. The van der Waals surface area contributed by atoms with Gasteiger partial charge in [-0.1, -0.05) is 12.1 Å². The molecule has 0 aliphatic heterocycles. The molecule has 0 saturated carbocycles. The third kappa shape index (κ3) is 3.38. The fourth-order valence-electron chi connectivity index (χ4n) is 2.40. The lowest BCUT2D eigenvalue weighted by atomic mass is 9.94. The van der Waals surface area contributed by atoms with Gasteiger partial charge in [-0.05, 0) is 12.5 Å². The summed E-state index contributed by atoms with van der Waals surface area (Å²) in [5, 5.41) is 11.1. The molecule has 0 atom stereocenters. The van der Waals surface area contributed by atoms with Crippen LogP contribution in [0.4, 0.5) is 17.3 Å². The summed E-state index contributed by atoms with van der Waals surface area (Å²) in [5.41, 5.74) is 11.1. The van der Waals surface area contributed by atoms with E-state index in [4.69, 9.17) is 20.9 Å². The van der Waals surface area contributed by atoms with Crippen LogP contribution in [0.2, 0.25) is 0 Å². The van der Waals surface area contributed by atoms with Crippen LogP contribution >= 0.6 is 0 Å². The topological polar surface area (TPSA) is 161 Å². The summed E-state index contributed by atoms with van der Waals surface area (Å²) >= 11 is 0. The zero-order valence-electron chi connectivity index (χ0n) is 14.0. The van der Waals surface area contributed by atoms with E-state index in [1.165, 1.54) is 24.3 Å². The lowest BCUT2D eigenvalue weighted by Crippen LogP contribution is -2.18. The number of hydrogen-bond acceptors (Lipinski definition) is 9. The summed E-state index contributed by atoms with van der Waals surface area (Å²) in [6.07, 6.45) is 0. The Labute approximate surface area is 147 Å². The van der Waals surface area contributed by atoms with E-state index in [9.17, 15) is 19.7 Å². The van der Waals surface area contributed by atoms with E-state index in [1.54, 1.807) is 6.92 Å². The highest BCUT2D eigenvalue weighted by Crippen LogP contribution is 2.36. The molecule has 10 heteroatoms. The number of pyridine rings is 1. The Morgan fingerprint density at radius 2 is 1.81 bits per heavy atom. The smallest absolute Gasteiger partial charge is 0.342 e. The number of methoxy groups -OCH3 is 1. The number of carbonyl (C=O) groups is 2. The van der Waals surface area contributed by atoms with E-state index in [0.717, 1.165) is 7.11 Å². The largest absolute Gasteiger partial charge is 0.465 e. The minimum atomic E-state index is -0.873. The van der Waals surface area contributed by atoms with Gasteiger partial charge in [0.1, 0.15) is 22.8 Å². The highest BCUT2D eigenvalue weighted by Gasteiger charge is 2.29. The fraction of sp³-hybridized carbons (Fsp3) is 0.188. The normalized spacial score (nSPS) is 10.2. The highest BCUT2D eigenvalue weighted by molar-refractivity contribution is 6.11. The summed E-state index contributed by atoms with van der Waals surface area (Å²) < 4.78 is 9.68. The van der Waals surface area contributed by atoms with E-state index < -0.39 is 16.9 Å². The molecule has 136 valence electrons.